The molecule has 0 amide bonds. The fourth-order valence-corrected chi connectivity index (χ4v) is 4.00. The van der Waals surface area contributed by atoms with Gasteiger partial charge in [0, 0.05) is 30.1 Å². The third-order valence-electron chi connectivity index (χ3n) is 5.93. The Kier molecular flexibility index (Phi) is 6.99. The topological polar surface area (TPSA) is 146 Å². The summed E-state index contributed by atoms with van der Waals surface area (Å²) >= 11 is 0. The van der Waals surface area contributed by atoms with Gasteiger partial charge in [-0.25, -0.2) is 9.59 Å². The van der Waals surface area contributed by atoms with Crippen molar-refractivity contribution >= 4 is 17.3 Å². The van der Waals surface area contributed by atoms with Crippen LogP contribution in [-0.2, 0) is 16.0 Å². The highest BCUT2D eigenvalue weighted by atomic mass is 16.6. The van der Waals surface area contributed by atoms with Gasteiger partial charge >= 0.3 is 11.7 Å². The molecule has 3 aromatic rings. The minimum atomic E-state index is -1.07. The largest absolute Gasteiger partial charge is 0.462 e. The van der Waals surface area contributed by atoms with E-state index >= 15 is 0 Å². The van der Waals surface area contributed by atoms with Crippen molar-refractivity contribution in [3.63, 3.8) is 0 Å². The van der Waals surface area contributed by atoms with Crippen LogP contribution in [0.2, 0.25) is 0 Å². The van der Waals surface area contributed by atoms with E-state index < -0.39 is 28.6 Å². The van der Waals surface area contributed by atoms with E-state index in [0.717, 1.165) is 15.3 Å². The van der Waals surface area contributed by atoms with Gasteiger partial charge in [-0.1, -0.05) is 12.1 Å². The molecule has 0 bridgehead atoms. The molecule has 36 heavy (non-hydrogen) atoms. The van der Waals surface area contributed by atoms with Crippen molar-refractivity contribution in [3.8, 4) is 5.69 Å². The van der Waals surface area contributed by atoms with Crippen LogP contribution >= 0.6 is 0 Å². The molecule has 1 aliphatic rings. The number of carbonyl (C=O) groups excluding carboxylic acids is 1. The summed E-state index contributed by atoms with van der Waals surface area (Å²) in [6, 6.07) is 10.9. The molecule has 1 unspecified atom stereocenters. The summed E-state index contributed by atoms with van der Waals surface area (Å²) < 4.78 is 12.1. The number of aromatic nitrogens is 2. The molecular weight excluding hydrogens is 472 g/mol. The predicted octanol–water partition coefficient (Wildman–Crippen LogP) is 1.55. The summed E-state index contributed by atoms with van der Waals surface area (Å²) in [6.07, 6.45) is 0.0523. The monoisotopic (exact) mass is 496 g/mol. The lowest BCUT2D eigenvalue weighted by Crippen LogP contribution is -2.42. The van der Waals surface area contributed by atoms with Crippen LogP contribution in [0.5, 0.6) is 0 Å². The summed E-state index contributed by atoms with van der Waals surface area (Å²) in [5.41, 5.74) is -0.410. The number of nitrogens with zero attached hydrogens (tertiary/aromatic N) is 4. The van der Waals surface area contributed by atoms with E-state index in [1.807, 2.05) is 0 Å². The normalized spacial score (nSPS) is 15.2. The van der Waals surface area contributed by atoms with Crippen molar-refractivity contribution < 1.29 is 24.3 Å². The number of aliphatic hydroxyl groups is 1. The van der Waals surface area contributed by atoms with Gasteiger partial charge in [0.05, 0.1) is 30.4 Å². The number of nitro groups is 1. The number of aliphatic hydroxyl groups excluding tert-OH is 1. The molecule has 2 aromatic carbocycles. The number of benzene rings is 2. The lowest BCUT2D eigenvalue weighted by molar-refractivity contribution is -0.385. The number of hydrogen-bond acceptors (Lipinski definition) is 9. The Balaban J connectivity index is 1.83. The Labute approximate surface area is 204 Å². The zero-order valence-corrected chi connectivity index (χ0v) is 19.6. The van der Waals surface area contributed by atoms with Crippen LogP contribution in [0.3, 0.4) is 0 Å². The van der Waals surface area contributed by atoms with E-state index in [1.54, 1.807) is 42.2 Å². The second kappa shape index (κ2) is 10.1. The molecule has 2 heterocycles. The van der Waals surface area contributed by atoms with Crippen molar-refractivity contribution in [3.05, 3.63) is 96.3 Å². The quantitative estimate of drug-likeness (QED) is 0.292. The van der Waals surface area contributed by atoms with Gasteiger partial charge in [-0.05, 0) is 43.7 Å². The van der Waals surface area contributed by atoms with E-state index in [4.69, 9.17) is 9.47 Å². The van der Waals surface area contributed by atoms with Gasteiger partial charge in [-0.15, -0.1) is 0 Å². The average Bonchev–Trinajstić information content (AvgIpc) is 3.28. The lowest BCUT2D eigenvalue weighted by Gasteiger charge is -2.21. The van der Waals surface area contributed by atoms with E-state index in [2.05, 4.69) is 0 Å². The van der Waals surface area contributed by atoms with E-state index in [-0.39, 0.29) is 24.4 Å². The summed E-state index contributed by atoms with van der Waals surface area (Å²) in [7, 11) is 0. The highest BCUT2D eigenvalue weighted by Crippen LogP contribution is 2.23. The number of esters is 1. The zero-order valence-electron chi connectivity index (χ0n) is 19.6. The van der Waals surface area contributed by atoms with Gasteiger partial charge in [-0.3, -0.25) is 24.0 Å². The van der Waals surface area contributed by atoms with Crippen molar-refractivity contribution in [2.24, 2.45) is 0 Å². The van der Waals surface area contributed by atoms with Crippen LogP contribution in [-0.4, -0.2) is 51.3 Å². The molecular formula is C24H24N4O8. The summed E-state index contributed by atoms with van der Waals surface area (Å²) in [5.74, 6) is -0.894. The standard InChI is InChI=1S/C24H24N4O8/c1-3-35-22(30)19-14-26(18-9-7-17(8-10-18)25-11-12-36-24(25)32)23(31)27(21(19)29)13-16-5-4-6-20(15(16)2)28(33)34/h4-10,14,24,32H,3,11-13H2,1-2H3. The Morgan fingerprint density at radius 3 is 2.50 bits per heavy atom. The van der Waals surface area contributed by atoms with Gasteiger partial charge in [0.2, 0.25) is 6.41 Å². The number of carbonyl (C=O) groups is 1. The molecule has 1 fully saturated rings. The molecule has 1 aliphatic heterocycles. The van der Waals surface area contributed by atoms with Gasteiger partial charge < -0.3 is 19.5 Å². The van der Waals surface area contributed by atoms with Crippen molar-refractivity contribution in [2.45, 2.75) is 26.8 Å². The lowest BCUT2D eigenvalue weighted by atomic mass is 10.1. The minimum absolute atomic E-state index is 0.0241. The average molecular weight is 496 g/mol. The summed E-state index contributed by atoms with van der Waals surface area (Å²) in [5, 5.41) is 21.3. The number of anilines is 1. The Morgan fingerprint density at radius 2 is 1.89 bits per heavy atom. The second-order valence-electron chi connectivity index (χ2n) is 8.03. The number of ether oxygens (including phenoxy) is 2. The van der Waals surface area contributed by atoms with Crippen LogP contribution in [0.15, 0.2) is 58.3 Å². The Bertz CT molecular complexity index is 1430. The number of hydrogen-bond donors (Lipinski definition) is 1. The zero-order chi connectivity index (χ0) is 26.0. The molecule has 1 saturated heterocycles. The van der Waals surface area contributed by atoms with Gasteiger partial charge in [0.25, 0.3) is 11.2 Å². The van der Waals surface area contributed by atoms with Crippen molar-refractivity contribution in [2.75, 3.05) is 24.7 Å². The van der Waals surface area contributed by atoms with E-state index in [0.29, 0.717) is 35.7 Å². The first-order valence-electron chi connectivity index (χ1n) is 11.2. The number of rotatable bonds is 7. The molecule has 0 spiro atoms. The molecule has 188 valence electrons. The van der Waals surface area contributed by atoms with Crippen LogP contribution in [0.4, 0.5) is 11.4 Å². The second-order valence-corrected chi connectivity index (χ2v) is 8.03. The third-order valence-corrected chi connectivity index (χ3v) is 5.93. The Hall–Kier alpha value is -4.29. The van der Waals surface area contributed by atoms with Crippen molar-refractivity contribution in [1.82, 2.24) is 9.13 Å². The maximum atomic E-state index is 13.4. The molecule has 1 aromatic heterocycles. The number of nitro benzene ring substituents is 1. The predicted molar refractivity (Wildman–Crippen MR) is 128 cm³/mol. The molecule has 1 atom stereocenters. The van der Waals surface area contributed by atoms with Crippen LogP contribution < -0.4 is 16.1 Å². The SMILES string of the molecule is CCOC(=O)c1cn(-c2ccc(N3CCOC3O)cc2)c(=O)n(Cc2cccc([N+](=O)[O-])c2C)c1=O. The molecule has 0 radical (unpaired) electrons. The first kappa shape index (κ1) is 24.8. The van der Waals surface area contributed by atoms with Crippen LogP contribution in [0.1, 0.15) is 28.4 Å². The highest BCUT2D eigenvalue weighted by Gasteiger charge is 2.24. The van der Waals surface area contributed by atoms with E-state index in [9.17, 15) is 29.6 Å². The molecule has 12 nitrogen and oxygen atoms in total. The van der Waals surface area contributed by atoms with Crippen LogP contribution in [0.25, 0.3) is 5.69 Å². The minimum Gasteiger partial charge on any atom is -0.462 e. The van der Waals surface area contributed by atoms with Gasteiger partial charge in [0.15, 0.2) is 0 Å². The molecule has 4 rings (SSSR count). The molecule has 12 heteroatoms. The summed E-state index contributed by atoms with van der Waals surface area (Å²) in [6.45, 7) is 3.72. The third kappa shape index (κ3) is 4.63. The Morgan fingerprint density at radius 1 is 1.19 bits per heavy atom. The molecule has 0 saturated carbocycles. The smallest absolute Gasteiger partial charge is 0.345 e. The maximum absolute atomic E-state index is 13.4. The van der Waals surface area contributed by atoms with Crippen molar-refractivity contribution in [1.29, 1.82) is 0 Å². The fraction of sp³-hybridized carbons (Fsp3) is 0.292. The van der Waals surface area contributed by atoms with Gasteiger partial charge in [0.1, 0.15) is 5.56 Å². The first-order chi connectivity index (χ1) is 17.2. The highest BCUT2D eigenvalue weighted by molar-refractivity contribution is 5.88. The molecule has 1 N–H and O–H groups in total. The van der Waals surface area contributed by atoms with Gasteiger partial charge in [-0.2, -0.15) is 0 Å². The first-order valence-corrected chi connectivity index (χ1v) is 11.2. The van der Waals surface area contributed by atoms with E-state index in [1.165, 1.54) is 19.1 Å². The summed E-state index contributed by atoms with van der Waals surface area (Å²) in [4.78, 5) is 51.6. The van der Waals surface area contributed by atoms with Crippen LogP contribution in [0, 0.1) is 17.0 Å². The fourth-order valence-electron chi connectivity index (χ4n) is 4.00. The maximum Gasteiger partial charge on any atom is 0.345 e. The molecule has 0 aliphatic carbocycles.